The number of ether oxygens (including phenoxy) is 2. The Hall–Kier alpha value is -1.71. The van der Waals surface area contributed by atoms with E-state index in [2.05, 4.69) is 0 Å². The summed E-state index contributed by atoms with van der Waals surface area (Å²) in [6.07, 6.45) is 5.98. The lowest BCUT2D eigenvalue weighted by Crippen LogP contribution is -2.38. The van der Waals surface area contributed by atoms with Crippen LogP contribution in [0.3, 0.4) is 0 Å². The monoisotopic (exact) mass is 275 g/mol. The SMILES string of the molecule is CN(C(=O)c1ccc2c(c1)OCCO2)C1CCCCC1. The van der Waals surface area contributed by atoms with Gasteiger partial charge in [-0.3, -0.25) is 4.79 Å². The van der Waals surface area contributed by atoms with E-state index in [-0.39, 0.29) is 5.91 Å². The predicted octanol–water partition coefficient (Wildman–Crippen LogP) is 2.86. The normalized spacial score (nSPS) is 18.6. The first kappa shape index (κ1) is 13.3. The molecule has 0 saturated heterocycles. The number of fused-ring (bicyclic) bond motifs is 1. The summed E-state index contributed by atoms with van der Waals surface area (Å²) in [5.41, 5.74) is 0.683. The number of benzene rings is 1. The summed E-state index contributed by atoms with van der Waals surface area (Å²) in [7, 11) is 1.91. The number of amides is 1. The van der Waals surface area contributed by atoms with Gasteiger partial charge < -0.3 is 14.4 Å². The number of hydrogen-bond acceptors (Lipinski definition) is 3. The van der Waals surface area contributed by atoms with Crippen LogP contribution in [0.25, 0.3) is 0 Å². The molecule has 1 heterocycles. The van der Waals surface area contributed by atoms with E-state index in [1.54, 1.807) is 6.07 Å². The summed E-state index contributed by atoms with van der Waals surface area (Å²) in [5.74, 6) is 1.49. The molecule has 1 aromatic rings. The maximum Gasteiger partial charge on any atom is 0.253 e. The van der Waals surface area contributed by atoms with Gasteiger partial charge in [0.1, 0.15) is 13.2 Å². The molecule has 0 atom stereocenters. The fourth-order valence-corrected chi connectivity index (χ4v) is 3.01. The predicted molar refractivity (Wildman–Crippen MR) is 76.4 cm³/mol. The summed E-state index contributed by atoms with van der Waals surface area (Å²) in [6, 6.07) is 5.84. The van der Waals surface area contributed by atoms with Crippen LogP contribution in [0.1, 0.15) is 42.5 Å². The van der Waals surface area contributed by atoms with Crippen molar-refractivity contribution in [3.63, 3.8) is 0 Å². The molecule has 0 spiro atoms. The zero-order valence-electron chi connectivity index (χ0n) is 11.9. The van der Waals surface area contributed by atoms with Crippen molar-refractivity contribution in [1.29, 1.82) is 0 Å². The zero-order valence-corrected chi connectivity index (χ0v) is 11.9. The second kappa shape index (κ2) is 5.73. The van der Waals surface area contributed by atoms with Gasteiger partial charge in [-0.25, -0.2) is 0 Å². The molecule has 1 amide bonds. The van der Waals surface area contributed by atoms with Gasteiger partial charge in [0.05, 0.1) is 0 Å². The van der Waals surface area contributed by atoms with Crippen molar-refractivity contribution in [3.05, 3.63) is 23.8 Å². The zero-order chi connectivity index (χ0) is 13.9. The number of nitrogens with zero attached hydrogens (tertiary/aromatic N) is 1. The lowest BCUT2D eigenvalue weighted by atomic mass is 9.94. The van der Waals surface area contributed by atoms with Gasteiger partial charge in [-0.05, 0) is 31.0 Å². The highest BCUT2D eigenvalue weighted by Gasteiger charge is 2.24. The van der Waals surface area contributed by atoms with E-state index in [1.807, 2.05) is 24.1 Å². The molecule has 108 valence electrons. The number of rotatable bonds is 2. The Morgan fingerprint density at radius 1 is 1.10 bits per heavy atom. The Balaban J connectivity index is 1.75. The largest absolute Gasteiger partial charge is 0.486 e. The van der Waals surface area contributed by atoms with Crippen molar-refractivity contribution in [2.75, 3.05) is 20.3 Å². The van der Waals surface area contributed by atoms with Gasteiger partial charge in [-0.15, -0.1) is 0 Å². The first-order valence-corrected chi connectivity index (χ1v) is 7.42. The maximum absolute atomic E-state index is 12.6. The molecule has 1 aromatic carbocycles. The molecule has 0 N–H and O–H groups in total. The van der Waals surface area contributed by atoms with Crippen molar-refractivity contribution < 1.29 is 14.3 Å². The summed E-state index contributed by atoms with van der Waals surface area (Å²) in [6.45, 7) is 1.12. The van der Waals surface area contributed by atoms with E-state index in [1.165, 1.54) is 19.3 Å². The minimum atomic E-state index is 0.0777. The van der Waals surface area contributed by atoms with Crippen molar-refractivity contribution in [1.82, 2.24) is 4.90 Å². The Bertz CT molecular complexity index is 494. The van der Waals surface area contributed by atoms with Crippen LogP contribution in [0.5, 0.6) is 11.5 Å². The molecule has 4 nitrogen and oxygen atoms in total. The van der Waals surface area contributed by atoms with Gasteiger partial charge in [0, 0.05) is 18.7 Å². The van der Waals surface area contributed by atoms with E-state index in [4.69, 9.17) is 9.47 Å². The maximum atomic E-state index is 12.6. The molecule has 3 rings (SSSR count). The van der Waals surface area contributed by atoms with E-state index in [0.29, 0.717) is 30.6 Å². The van der Waals surface area contributed by atoms with Crippen LogP contribution < -0.4 is 9.47 Å². The third-order valence-corrected chi connectivity index (χ3v) is 4.23. The van der Waals surface area contributed by atoms with E-state index in [9.17, 15) is 4.79 Å². The molecule has 0 bridgehead atoms. The van der Waals surface area contributed by atoms with Crippen molar-refractivity contribution >= 4 is 5.91 Å². The van der Waals surface area contributed by atoms with Gasteiger partial charge in [0.2, 0.25) is 0 Å². The topological polar surface area (TPSA) is 38.8 Å². The Morgan fingerprint density at radius 3 is 2.55 bits per heavy atom. The van der Waals surface area contributed by atoms with Gasteiger partial charge in [-0.2, -0.15) is 0 Å². The molecule has 0 radical (unpaired) electrons. The Morgan fingerprint density at radius 2 is 1.80 bits per heavy atom. The summed E-state index contributed by atoms with van der Waals surface area (Å²) in [4.78, 5) is 14.5. The fourth-order valence-electron chi connectivity index (χ4n) is 3.01. The summed E-state index contributed by atoms with van der Waals surface area (Å²) >= 11 is 0. The third-order valence-electron chi connectivity index (χ3n) is 4.23. The average molecular weight is 275 g/mol. The highest BCUT2D eigenvalue weighted by Crippen LogP contribution is 2.31. The van der Waals surface area contributed by atoms with Crippen LogP contribution in [0.4, 0.5) is 0 Å². The number of carbonyl (C=O) groups excluding carboxylic acids is 1. The molecular formula is C16H21NO3. The minimum absolute atomic E-state index is 0.0777. The highest BCUT2D eigenvalue weighted by atomic mass is 16.6. The Kier molecular flexibility index (Phi) is 3.81. The smallest absolute Gasteiger partial charge is 0.253 e. The molecule has 0 aromatic heterocycles. The summed E-state index contributed by atoms with van der Waals surface area (Å²) < 4.78 is 11.0. The molecule has 1 saturated carbocycles. The molecule has 20 heavy (non-hydrogen) atoms. The van der Waals surface area contributed by atoms with Crippen LogP contribution in [0.2, 0.25) is 0 Å². The molecule has 4 heteroatoms. The van der Waals surface area contributed by atoms with E-state index in [0.717, 1.165) is 18.6 Å². The third kappa shape index (κ3) is 2.60. The van der Waals surface area contributed by atoms with Gasteiger partial charge >= 0.3 is 0 Å². The van der Waals surface area contributed by atoms with Gasteiger partial charge in [0.25, 0.3) is 5.91 Å². The van der Waals surface area contributed by atoms with E-state index < -0.39 is 0 Å². The van der Waals surface area contributed by atoms with Crippen molar-refractivity contribution in [2.24, 2.45) is 0 Å². The summed E-state index contributed by atoms with van der Waals surface area (Å²) in [5, 5.41) is 0. The molecule has 1 aliphatic carbocycles. The second-order valence-electron chi connectivity index (χ2n) is 5.57. The van der Waals surface area contributed by atoms with E-state index >= 15 is 0 Å². The standard InChI is InChI=1S/C16H21NO3/c1-17(13-5-3-2-4-6-13)16(18)12-7-8-14-15(11-12)20-10-9-19-14/h7-8,11,13H,2-6,9-10H2,1H3. The van der Waals surface area contributed by atoms with Crippen molar-refractivity contribution in [3.8, 4) is 11.5 Å². The quantitative estimate of drug-likeness (QED) is 0.833. The first-order chi connectivity index (χ1) is 9.75. The molecule has 1 aliphatic heterocycles. The minimum Gasteiger partial charge on any atom is -0.486 e. The lowest BCUT2D eigenvalue weighted by molar-refractivity contribution is 0.0695. The number of carbonyl (C=O) groups is 1. The lowest BCUT2D eigenvalue weighted by Gasteiger charge is -2.31. The molecule has 1 fully saturated rings. The van der Waals surface area contributed by atoms with Crippen LogP contribution in [0.15, 0.2) is 18.2 Å². The number of hydrogen-bond donors (Lipinski definition) is 0. The van der Waals surface area contributed by atoms with Crippen molar-refractivity contribution in [2.45, 2.75) is 38.1 Å². The highest BCUT2D eigenvalue weighted by molar-refractivity contribution is 5.95. The fraction of sp³-hybridized carbons (Fsp3) is 0.562. The van der Waals surface area contributed by atoms with Crippen LogP contribution in [-0.2, 0) is 0 Å². The van der Waals surface area contributed by atoms with Gasteiger partial charge in [0.15, 0.2) is 11.5 Å². The molecule has 0 unspecified atom stereocenters. The van der Waals surface area contributed by atoms with Gasteiger partial charge in [-0.1, -0.05) is 19.3 Å². The first-order valence-electron chi connectivity index (χ1n) is 7.42. The average Bonchev–Trinajstić information content (AvgIpc) is 2.54. The van der Waals surface area contributed by atoms with Crippen LogP contribution >= 0.6 is 0 Å². The second-order valence-corrected chi connectivity index (χ2v) is 5.57. The van der Waals surface area contributed by atoms with Crippen LogP contribution in [0, 0.1) is 0 Å². The molecule has 2 aliphatic rings. The Labute approximate surface area is 119 Å². The molecular weight excluding hydrogens is 254 g/mol. The van der Waals surface area contributed by atoms with Crippen LogP contribution in [-0.4, -0.2) is 37.1 Å².